The van der Waals surface area contributed by atoms with Crippen LogP contribution in [0.1, 0.15) is 10.4 Å². The van der Waals surface area contributed by atoms with E-state index in [9.17, 15) is 9.18 Å². The summed E-state index contributed by atoms with van der Waals surface area (Å²) in [5.74, 6) is -0.795. The number of pyridine rings is 1. The molecular weight excluding hydrogens is 329 g/mol. The van der Waals surface area contributed by atoms with E-state index in [0.717, 1.165) is 0 Å². The molecule has 6 heteroatoms. The number of halogens is 2. The van der Waals surface area contributed by atoms with E-state index >= 15 is 0 Å². The topological polar surface area (TPSA) is 54.0 Å². The van der Waals surface area contributed by atoms with Crippen molar-refractivity contribution in [1.29, 1.82) is 0 Å². The van der Waals surface area contributed by atoms with Crippen molar-refractivity contribution in [3.63, 3.8) is 0 Å². The Balaban J connectivity index is 1.77. The van der Waals surface area contributed by atoms with Crippen molar-refractivity contribution in [2.24, 2.45) is 0 Å². The van der Waals surface area contributed by atoms with Crippen molar-refractivity contribution >= 4 is 34.6 Å². The molecule has 0 atom stereocenters. The van der Waals surface area contributed by atoms with E-state index in [1.807, 2.05) is 18.2 Å². The smallest absolute Gasteiger partial charge is 0.257 e. The van der Waals surface area contributed by atoms with Gasteiger partial charge >= 0.3 is 0 Å². The quantitative estimate of drug-likeness (QED) is 0.711. The monoisotopic (exact) mass is 341 g/mol. The fourth-order valence-electron chi connectivity index (χ4n) is 2.12. The predicted octanol–water partition coefficient (Wildman–Crippen LogP) is 4.87. The number of rotatable bonds is 4. The first-order chi connectivity index (χ1) is 11.6. The molecule has 0 saturated heterocycles. The van der Waals surface area contributed by atoms with Gasteiger partial charge in [0.1, 0.15) is 5.82 Å². The minimum absolute atomic E-state index is 0.344. The van der Waals surface area contributed by atoms with Gasteiger partial charge in [-0.2, -0.15) is 0 Å². The number of aromatic nitrogens is 1. The third-order valence-corrected chi connectivity index (χ3v) is 3.57. The van der Waals surface area contributed by atoms with Crippen molar-refractivity contribution < 1.29 is 9.18 Å². The van der Waals surface area contributed by atoms with Gasteiger partial charge < -0.3 is 10.6 Å². The molecule has 1 amide bonds. The van der Waals surface area contributed by atoms with Crippen LogP contribution in [0.4, 0.5) is 21.5 Å². The van der Waals surface area contributed by atoms with Crippen LogP contribution in [0.25, 0.3) is 0 Å². The molecule has 0 aliphatic rings. The number of nitrogens with zero attached hydrogens (tertiary/aromatic N) is 1. The number of para-hydroxylation sites is 1. The Hall–Kier alpha value is -2.92. The summed E-state index contributed by atoms with van der Waals surface area (Å²) in [7, 11) is 0. The Morgan fingerprint density at radius 2 is 1.83 bits per heavy atom. The highest BCUT2D eigenvalue weighted by molar-refractivity contribution is 6.33. The second-order valence-electron chi connectivity index (χ2n) is 5.03. The number of carbonyl (C=O) groups excluding carboxylic acids is 1. The van der Waals surface area contributed by atoms with E-state index in [2.05, 4.69) is 15.6 Å². The van der Waals surface area contributed by atoms with Gasteiger partial charge in [-0.05, 0) is 36.4 Å². The predicted molar refractivity (Wildman–Crippen MR) is 93.3 cm³/mol. The van der Waals surface area contributed by atoms with Gasteiger partial charge in [0.25, 0.3) is 5.91 Å². The summed E-state index contributed by atoms with van der Waals surface area (Å²) in [6.07, 6.45) is 3.02. The van der Waals surface area contributed by atoms with Crippen LogP contribution in [-0.2, 0) is 0 Å². The highest BCUT2D eigenvalue weighted by Crippen LogP contribution is 2.25. The lowest BCUT2D eigenvalue weighted by Crippen LogP contribution is -2.12. The minimum Gasteiger partial charge on any atom is -0.353 e. The summed E-state index contributed by atoms with van der Waals surface area (Å²) < 4.78 is 13.2. The van der Waals surface area contributed by atoms with Crippen LogP contribution in [0, 0.1) is 5.82 Å². The SMILES string of the molecule is O=C(Nc1cccc(F)c1)c1cncc(Nc2ccccc2Cl)c1. The molecule has 0 aliphatic heterocycles. The first-order valence-corrected chi connectivity index (χ1v) is 7.53. The molecule has 0 saturated carbocycles. The largest absolute Gasteiger partial charge is 0.353 e. The Bertz CT molecular complexity index is 885. The zero-order valence-corrected chi connectivity index (χ0v) is 13.2. The average Bonchev–Trinajstić information content (AvgIpc) is 2.57. The zero-order chi connectivity index (χ0) is 16.9. The third-order valence-electron chi connectivity index (χ3n) is 3.24. The first kappa shape index (κ1) is 16.0. The molecule has 0 bridgehead atoms. The van der Waals surface area contributed by atoms with Crippen molar-refractivity contribution in [2.45, 2.75) is 0 Å². The number of hydrogen-bond donors (Lipinski definition) is 2. The lowest BCUT2D eigenvalue weighted by molar-refractivity contribution is 0.102. The van der Waals surface area contributed by atoms with Gasteiger partial charge in [-0.15, -0.1) is 0 Å². The number of hydrogen-bond acceptors (Lipinski definition) is 3. The van der Waals surface area contributed by atoms with Crippen LogP contribution in [0.15, 0.2) is 67.0 Å². The van der Waals surface area contributed by atoms with Crippen molar-refractivity contribution in [2.75, 3.05) is 10.6 Å². The molecule has 24 heavy (non-hydrogen) atoms. The number of carbonyl (C=O) groups is 1. The Morgan fingerprint density at radius 3 is 2.62 bits per heavy atom. The van der Waals surface area contributed by atoms with E-state index in [4.69, 9.17) is 11.6 Å². The van der Waals surface area contributed by atoms with E-state index in [1.165, 1.54) is 24.4 Å². The average molecular weight is 342 g/mol. The Morgan fingerprint density at radius 1 is 1.00 bits per heavy atom. The molecule has 0 spiro atoms. The highest BCUT2D eigenvalue weighted by atomic mass is 35.5. The van der Waals surface area contributed by atoms with Crippen LogP contribution >= 0.6 is 11.6 Å². The molecule has 120 valence electrons. The van der Waals surface area contributed by atoms with Crippen molar-refractivity contribution in [3.05, 3.63) is 83.4 Å². The van der Waals surface area contributed by atoms with E-state index in [0.29, 0.717) is 27.6 Å². The summed E-state index contributed by atoms with van der Waals surface area (Å²) in [4.78, 5) is 16.3. The van der Waals surface area contributed by atoms with Gasteiger partial charge in [0.15, 0.2) is 0 Å². The lowest BCUT2D eigenvalue weighted by Gasteiger charge is -2.10. The number of amides is 1. The molecule has 0 fully saturated rings. The van der Waals surface area contributed by atoms with Crippen LogP contribution in [0.5, 0.6) is 0 Å². The maximum atomic E-state index is 13.2. The summed E-state index contributed by atoms with van der Waals surface area (Å²) in [5, 5.41) is 6.30. The van der Waals surface area contributed by atoms with Crippen LogP contribution in [-0.4, -0.2) is 10.9 Å². The van der Waals surface area contributed by atoms with Gasteiger partial charge in [-0.3, -0.25) is 9.78 Å². The summed E-state index contributed by atoms with van der Waals surface area (Å²) in [5.41, 5.74) is 2.06. The maximum absolute atomic E-state index is 13.2. The van der Waals surface area contributed by atoms with Gasteiger partial charge in [-0.1, -0.05) is 29.8 Å². The van der Waals surface area contributed by atoms with Crippen molar-refractivity contribution in [1.82, 2.24) is 4.98 Å². The van der Waals surface area contributed by atoms with Gasteiger partial charge in [0, 0.05) is 11.9 Å². The molecule has 0 radical (unpaired) electrons. The highest BCUT2D eigenvalue weighted by Gasteiger charge is 2.09. The van der Waals surface area contributed by atoms with Gasteiger partial charge in [0.05, 0.1) is 28.2 Å². The first-order valence-electron chi connectivity index (χ1n) is 7.15. The maximum Gasteiger partial charge on any atom is 0.257 e. The molecule has 1 aromatic heterocycles. The normalized spacial score (nSPS) is 10.2. The fraction of sp³-hybridized carbons (Fsp3) is 0. The van der Waals surface area contributed by atoms with E-state index in [1.54, 1.807) is 24.4 Å². The lowest BCUT2D eigenvalue weighted by atomic mass is 10.2. The van der Waals surface area contributed by atoms with Crippen molar-refractivity contribution in [3.8, 4) is 0 Å². The Kier molecular flexibility index (Phi) is 4.72. The van der Waals surface area contributed by atoms with E-state index < -0.39 is 5.82 Å². The standard InChI is InChI=1S/C18H13ClFN3O/c19-16-6-1-2-7-17(16)22-15-8-12(10-21-11-15)18(24)23-14-5-3-4-13(20)9-14/h1-11,22H,(H,23,24). The summed E-state index contributed by atoms with van der Waals surface area (Å²) >= 11 is 6.10. The van der Waals surface area contributed by atoms with Crippen LogP contribution < -0.4 is 10.6 Å². The van der Waals surface area contributed by atoms with Gasteiger partial charge in [0.2, 0.25) is 0 Å². The summed E-state index contributed by atoms with van der Waals surface area (Å²) in [6, 6.07) is 14.6. The Labute approximate surface area is 143 Å². The molecule has 2 aromatic carbocycles. The molecule has 1 heterocycles. The van der Waals surface area contributed by atoms with Gasteiger partial charge in [-0.25, -0.2) is 4.39 Å². The number of nitrogens with one attached hydrogen (secondary N) is 2. The molecule has 0 aliphatic carbocycles. The molecule has 0 unspecified atom stereocenters. The number of anilines is 3. The van der Waals surface area contributed by atoms with E-state index in [-0.39, 0.29) is 5.91 Å². The zero-order valence-electron chi connectivity index (χ0n) is 12.5. The summed E-state index contributed by atoms with van der Waals surface area (Å²) in [6.45, 7) is 0. The molecule has 3 aromatic rings. The molecule has 2 N–H and O–H groups in total. The second-order valence-corrected chi connectivity index (χ2v) is 5.44. The van der Waals surface area contributed by atoms with Crippen LogP contribution in [0.3, 0.4) is 0 Å². The molecule has 3 rings (SSSR count). The second kappa shape index (κ2) is 7.10. The molecule has 4 nitrogen and oxygen atoms in total. The molecular formula is C18H13ClFN3O. The fourth-order valence-corrected chi connectivity index (χ4v) is 2.30. The third kappa shape index (κ3) is 3.88. The number of benzene rings is 2. The minimum atomic E-state index is -0.417. The van der Waals surface area contributed by atoms with Crippen LogP contribution in [0.2, 0.25) is 5.02 Å².